The maximum atomic E-state index is 10.7. The molecule has 0 bridgehead atoms. The average molecular weight is 274 g/mol. The summed E-state index contributed by atoms with van der Waals surface area (Å²) in [5.41, 5.74) is 1.09. The van der Waals surface area contributed by atoms with Crippen LogP contribution in [0.15, 0.2) is 28.7 Å². The summed E-state index contributed by atoms with van der Waals surface area (Å²) in [6.45, 7) is 0. The fourth-order valence-electron chi connectivity index (χ4n) is 1.77. The second-order valence-corrected chi connectivity index (χ2v) is 5.09. The van der Waals surface area contributed by atoms with Crippen LogP contribution in [-0.2, 0) is 10.2 Å². The summed E-state index contributed by atoms with van der Waals surface area (Å²) in [5.74, 6) is 0. The summed E-state index contributed by atoms with van der Waals surface area (Å²) in [6, 6.07) is 8.06. The fraction of sp³-hybridized carbons (Fsp3) is 0.364. The number of hydrogen-bond donors (Lipinski definition) is 0. The predicted octanol–water partition coefficient (Wildman–Crippen LogP) is 3.29. The van der Waals surface area contributed by atoms with E-state index in [9.17, 15) is 4.79 Å². The van der Waals surface area contributed by atoms with Crippen LogP contribution in [0.5, 0.6) is 0 Å². The molecular formula is C11H10BrClO. The first kappa shape index (κ1) is 10.2. The highest BCUT2D eigenvalue weighted by Crippen LogP contribution is 2.52. The first-order valence-electron chi connectivity index (χ1n) is 4.54. The molecule has 1 aromatic rings. The molecule has 0 aromatic heterocycles. The van der Waals surface area contributed by atoms with Gasteiger partial charge < -0.3 is 4.79 Å². The van der Waals surface area contributed by atoms with Crippen molar-refractivity contribution < 1.29 is 4.79 Å². The van der Waals surface area contributed by atoms with Crippen molar-refractivity contribution in [3.05, 3.63) is 34.3 Å². The Morgan fingerprint density at radius 2 is 1.93 bits per heavy atom. The monoisotopic (exact) mass is 272 g/mol. The molecule has 1 nitrogen and oxygen atoms in total. The smallest absolute Gasteiger partial charge is 0.138 e. The van der Waals surface area contributed by atoms with Crippen molar-refractivity contribution in [2.24, 2.45) is 0 Å². The maximum Gasteiger partial charge on any atom is 0.138 e. The Bertz CT molecular complexity index is 343. The highest BCUT2D eigenvalue weighted by atomic mass is 79.9. The Labute approximate surface area is 96.6 Å². The molecule has 1 atom stereocenters. The van der Waals surface area contributed by atoms with Gasteiger partial charge in [0.05, 0.1) is 5.38 Å². The Balaban J connectivity index is 2.30. The van der Waals surface area contributed by atoms with Gasteiger partial charge in [-0.05, 0) is 30.5 Å². The minimum atomic E-state index is -0.385. The van der Waals surface area contributed by atoms with Crippen LogP contribution >= 0.6 is 27.5 Å². The van der Waals surface area contributed by atoms with Gasteiger partial charge in [0.15, 0.2) is 0 Å². The lowest BCUT2D eigenvalue weighted by Gasteiger charge is -2.17. The molecule has 0 saturated heterocycles. The van der Waals surface area contributed by atoms with Gasteiger partial charge >= 0.3 is 0 Å². The Kier molecular flexibility index (Phi) is 2.67. The molecule has 0 heterocycles. The number of halogens is 2. The lowest BCUT2D eigenvalue weighted by Crippen LogP contribution is -2.21. The van der Waals surface area contributed by atoms with Gasteiger partial charge in [0, 0.05) is 9.89 Å². The van der Waals surface area contributed by atoms with E-state index >= 15 is 0 Å². The predicted molar refractivity (Wildman–Crippen MR) is 60.8 cm³/mol. The third-order valence-electron chi connectivity index (χ3n) is 2.86. The quantitative estimate of drug-likeness (QED) is 0.610. The SMILES string of the molecule is O=CC(Cl)C1(c2ccc(Br)cc2)CC1. The molecule has 0 amide bonds. The number of carbonyl (C=O) groups is 1. The van der Waals surface area contributed by atoms with Crippen molar-refractivity contribution in [2.45, 2.75) is 23.6 Å². The van der Waals surface area contributed by atoms with E-state index in [1.54, 1.807) is 0 Å². The second kappa shape index (κ2) is 3.67. The van der Waals surface area contributed by atoms with E-state index < -0.39 is 0 Å². The third kappa shape index (κ3) is 1.61. The van der Waals surface area contributed by atoms with Crippen molar-refractivity contribution >= 4 is 33.8 Å². The van der Waals surface area contributed by atoms with E-state index in [4.69, 9.17) is 11.6 Å². The summed E-state index contributed by atoms with van der Waals surface area (Å²) in [5, 5.41) is -0.385. The second-order valence-electron chi connectivity index (χ2n) is 3.70. The zero-order valence-corrected chi connectivity index (χ0v) is 9.88. The Hall–Kier alpha value is -0.340. The fourth-order valence-corrected chi connectivity index (χ4v) is 2.38. The van der Waals surface area contributed by atoms with E-state index in [1.165, 1.54) is 5.56 Å². The van der Waals surface area contributed by atoms with Crippen LogP contribution in [-0.4, -0.2) is 11.7 Å². The zero-order valence-electron chi connectivity index (χ0n) is 7.54. The minimum Gasteiger partial charge on any atom is -0.302 e. The van der Waals surface area contributed by atoms with Gasteiger partial charge in [-0.25, -0.2) is 0 Å². The van der Waals surface area contributed by atoms with Crippen molar-refractivity contribution in [3.8, 4) is 0 Å². The first-order valence-corrected chi connectivity index (χ1v) is 5.77. The van der Waals surface area contributed by atoms with Crippen LogP contribution in [0.4, 0.5) is 0 Å². The van der Waals surface area contributed by atoms with Crippen molar-refractivity contribution in [1.82, 2.24) is 0 Å². The summed E-state index contributed by atoms with van der Waals surface area (Å²) >= 11 is 9.40. The standard InChI is InChI=1S/C11H10BrClO/c12-9-3-1-8(2-4-9)11(5-6-11)10(13)7-14/h1-4,7,10H,5-6H2. The summed E-state index contributed by atoms with van der Waals surface area (Å²) in [6.07, 6.45) is 2.87. The minimum absolute atomic E-state index is 0.0794. The van der Waals surface area contributed by atoms with E-state index in [0.717, 1.165) is 23.6 Å². The molecule has 0 spiro atoms. The van der Waals surface area contributed by atoms with Crippen LogP contribution in [0.1, 0.15) is 18.4 Å². The molecule has 1 unspecified atom stereocenters. The third-order valence-corrected chi connectivity index (χ3v) is 3.90. The molecule has 0 N–H and O–H groups in total. The number of benzene rings is 1. The van der Waals surface area contributed by atoms with Gasteiger partial charge in [0.1, 0.15) is 6.29 Å². The molecule has 3 heteroatoms. The number of alkyl halides is 1. The van der Waals surface area contributed by atoms with Crippen LogP contribution in [0.2, 0.25) is 0 Å². The topological polar surface area (TPSA) is 17.1 Å². The van der Waals surface area contributed by atoms with Gasteiger partial charge in [0.25, 0.3) is 0 Å². The number of aldehydes is 1. The van der Waals surface area contributed by atoms with E-state index in [-0.39, 0.29) is 10.8 Å². The molecule has 0 radical (unpaired) electrons. The van der Waals surface area contributed by atoms with Crippen LogP contribution in [0.25, 0.3) is 0 Å². The van der Waals surface area contributed by atoms with Crippen LogP contribution in [0.3, 0.4) is 0 Å². The number of hydrogen-bond acceptors (Lipinski definition) is 1. The van der Waals surface area contributed by atoms with E-state index in [1.807, 2.05) is 24.3 Å². The lowest BCUT2D eigenvalue weighted by atomic mass is 9.93. The van der Waals surface area contributed by atoms with Gasteiger partial charge in [-0.1, -0.05) is 28.1 Å². The number of rotatable bonds is 3. The van der Waals surface area contributed by atoms with Crippen LogP contribution < -0.4 is 0 Å². The Morgan fingerprint density at radius 3 is 2.36 bits per heavy atom. The van der Waals surface area contributed by atoms with Gasteiger partial charge in [-0.2, -0.15) is 0 Å². The molecule has 1 saturated carbocycles. The van der Waals surface area contributed by atoms with Crippen molar-refractivity contribution in [2.75, 3.05) is 0 Å². The Morgan fingerprint density at radius 1 is 1.36 bits per heavy atom. The molecule has 14 heavy (non-hydrogen) atoms. The molecule has 0 aliphatic heterocycles. The molecule has 1 fully saturated rings. The molecule has 74 valence electrons. The zero-order chi connectivity index (χ0) is 10.2. The van der Waals surface area contributed by atoms with E-state index in [0.29, 0.717) is 0 Å². The van der Waals surface area contributed by atoms with Crippen molar-refractivity contribution in [1.29, 1.82) is 0 Å². The lowest BCUT2D eigenvalue weighted by molar-refractivity contribution is -0.108. The normalized spacial score (nSPS) is 20.1. The molecule has 2 rings (SSSR count). The highest BCUT2D eigenvalue weighted by Gasteiger charge is 2.50. The maximum absolute atomic E-state index is 10.7. The summed E-state index contributed by atoms with van der Waals surface area (Å²) in [4.78, 5) is 10.7. The molecule has 1 aliphatic carbocycles. The number of carbonyl (C=O) groups excluding carboxylic acids is 1. The molecular weight excluding hydrogens is 263 g/mol. The van der Waals surface area contributed by atoms with E-state index in [2.05, 4.69) is 15.9 Å². The average Bonchev–Trinajstić information content (AvgIpc) is 2.99. The largest absolute Gasteiger partial charge is 0.302 e. The van der Waals surface area contributed by atoms with Crippen molar-refractivity contribution in [3.63, 3.8) is 0 Å². The van der Waals surface area contributed by atoms with Gasteiger partial charge in [-0.15, -0.1) is 11.6 Å². The highest BCUT2D eigenvalue weighted by molar-refractivity contribution is 9.10. The summed E-state index contributed by atoms with van der Waals surface area (Å²) in [7, 11) is 0. The first-order chi connectivity index (χ1) is 6.69. The summed E-state index contributed by atoms with van der Waals surface area (Å²) < 4.78 is 1.05. The molecule has 1 aliphatic rings. The molecule has 1 aromatic carbocycles. The van der Waals surface area contributed by atoms with Gasteiger partial charge in [0.2, 0.25) is 0 Å². The van der Waals surface area contributed by atoms with Crippen LogP contribution in [0, 0.1) is 0 Å². The van der Waals surface area contributed by atoms with Gasteiger partial charge in [-0.3, -0.25) is 0 Å².